The Hall–Kier alpha value is -3.64. The molecule has 1 N–H and O–H groups in total. The third-order valence-corrected chi connectivity index (χ3v) is 4.27. The molecule has 142 valence electrons. The lowest BCUT2D eigenvalue weighted by atomic mass is 10.1. The number of carbonyl (C=O) groups is 2. The van der Waals surface area contributed by atoms with Crippen LogP contribution in [-0.4, -0.2) is 29.2 Å². The maximum atomic E-state index is 12.0. The third kappa shape index (κ3) is 6.26. The Labute approximate surface area is 165 Å². The number of amides is 1. The lowest BCUT2D eigenvalue weighted by molar-refractivity contribution is -0.385. The maximum absolute atomic E-state index is 12.0. The number of ether oxygens (including phenoxy) is 1. The molecule has 0 atom stereocenters. The zero-order valence-corrected chi connectivity index (χ0v) is 15.3. The van der Waals surface area contributed by atoms with Crippen molar-refractivity contribution in [2.75, 3.05) is 17.7 Å². The number of rotatable bonds is 8. The van der Waals surface area contributed by atoms with Gasteiger partial charge in [-0.25, -0.2) is 4.79 Å². The van der Waals surface area contributed by atoms with Gasteiger partial charge in [0, 0.05) is 17.0 Å². The number of nitriles is 1. The van der Waals surface area contributed by atoms with Crippen LogP contribution in [0.4, 0.5) is 11.4 Å². The minimum absolute atomic E-state index is 0.143. The maximum Gasteiger partial charge on any atom is 0.331 e. The standard InChI is InChI=1S/C19H15N3O5S/c20-11-12-28-17-8-4-2-6-15(17)21-18(23)13-27-19(24)10-9-14-5-1-3-7-16(14)22(25)26/h1-10H,12-13H2,(H,21,23)/b10-9+. The molecule has 28 heavy (non-hydrogen) atoms. The molecule has 1 amide bonds. The van der Waals surface area contributed by atoms with E-state index in [0.717, 1.165) is 11.0 Å². The molecule has 0 saturated carbocycles. The number of anilines is 1. The topological polar surface area (TPSA) is 122 Å². The number of thioether (sulfide) groups is 1. The molecule has 0 aliphatic heterocycles. The van der Waals surface area contributed by atoms with Gasteiger partial charge in [-0.3, -0.25) is 14.9 Å². The van der Waals surface area contributed by atoms with Crippen LogP contribution in [0, 0.1) is 21.4 Å². The Morgan fingerprint density at radius 2 is 1.93 bits per heavy atom. The predicted octanol–water partition coefficient (Wildman–Crippen LogP) is 3.41. The van der Waals surface area contributed by atoms with Crippen molar-refractivity contribution in [3.05, 3.63) is 70.3 Å². The van der Waals surface area contributed by atoms with Crippen LogP contribution >= 0.6 is 11.8 Å². The molecule has 0 aromatic heterocycles. The first-order chi connectivity index (χ1) is 13.5. The lowest BCUT2D eigenvalue weighted by Crippen LogP contribution is -2.20. The molecule has 2 rings (SSSR count). The van der Waals surface area contributed by atoms with E-state index in [1.54, 1.807) is 30.3 Å². The Balaban J connectivity index is 1.91. The number of nitrogens with one attached hydrogen (secondary N) is 1. The molecular formula is C19H15N3O5S. The molecule has 0 radical (unpaired) electrons. The van der Waals surface area contributed by atoms with Gasteiger partial charge >= 0.3 is 5.97 Å². The van der Waals surface area contributed by atoms with Crippen LogP contribution in [0.1, 0.15) is 5.56 Å². The molecule has 0 aliphatic rings. The van der Waals surface area contributed by atoms with Crippen molar-refractivity contribution < 1.29 is 19.2 Å². The van der Waals surface area contributed by atoms with E-state index < -0.39 is 23.4 Å². The average Bonchev–Trinajstić information content (AvgIpc) is 2.70. The van der Waals surface area contributed by atoms with Gasteiger partial charge in [0.05, 0.1) is 28.0 Å². The van der Waals surface area contributed by atoms with Crippen LogP contribution in [0.25, 0.3) is 6.08 Å². The van der Waals surface area contributed by atoms with E-state index in [9.17, 15) is 19.7 Å². The van der Waals surface area contributed by atoms with Crippen LogP contribution in [-0.2, 0) is 14.3 Å². The predicted molar refractivity (Wildman–Crippen MR) is 104 cm³/mol. The van der Waals surface area contributed by atoms with Gasteiger partial charge in [-0.15, -0.1) is 11.8 Å². The highest BCUT2D eigenvalue weighted by molar-refractivity contribution is 7.99. The zero-order chi connectivity index (χ0) is 20.4. The number of hydrogen-bond donors (Lipinski definition) is 1. The molecule has 2 aromatic rings. The minimum Gasteiger partial charge on any atom is -0.452 e. The molecule has 0 heterocycles. The highest BCUT2D eigenvalue weighted by atomic mass is 32.2. The van der Waals surface area contributed by atoms with E-state index in [-0.39, 0.29) is 17.0 Å². The van der Waals surface area contributed by atoms with E-state index in [4.69, 9.17) is 10.00 Å². The van der Waals surface area contributed by atoms with Gasteiger partial charge in [0.25, 0.3) is 11.6 Å². The number of nitrogens with zero attached hydrogens (tertiary/aromatic N) is 2. The lowest BCUT2D eigenvalue weighted by Gasteiger charge is -2.09. The average molecular weight is 397 g/mol. The second kappa shape index (κ2) is 10.5. The monoisotopic (exact) mass is 397 g/mol. The van der Waals surface area contributed by atoms with Gasteiger partial charge in [0.2, 0.25) is 0 Å². The van der Waals surface area contributed by atoms with Crippen molar-refractivity contribution in [2.24, 2.45) is 0 Å². The number of nitro benzene ring substituents is 1. The van der Waals surface area contributed by atoms with Crippen LogP contribution in [0.15, 0.2) is 59.5 Å². The van der Waals surface area contributed by atoms with Crippen LogP contribution in [0.3, 0.4) is 0 Å². The van der Waals surface area contributed by atoms with Crippen LogP contribution in [0.5, 0.6) is 0 Å². The normalized spacial score (nSPS) is 10.2. The number of nitro groups is 1. The summed E-state index contributed by atoms with van der Waals surface area (Å²) in [4.78, 5) is 34.8. The van der Waals surface area contributed by atoms with Crippen LogP contribution in [0.2, 0.25) is 0 Å². The van der Waals surface area contributed by atoms with Crippen molar-refractivity contribution in [2.45, 2.75) is 4.90 Å². The Morgan fingerprint density at radius 3 is 2.68 bits per heavy atom. The van der Waals surface area contributed by atoms with E-state index in [0.29, 0.717) is 5.69 Å². The summed E-state index contributed by atoms with van der Waals surface area (Å²) in [5.74, 6) is -1.11. The minimum atomic E-state index is -0.805. The van der Waals surface area contributed by atoms with Gasteiger partial charge in [-0.05, 0) is 24.3 Å². The summed E-state index contributed by atoms with van der Waals surface area (Å²) in [5, 5.41) is 22.2. The number of hydrogen-bond acceptors (Lipinski definition) is 7. The Bertz CT molecular complexity index is 953. The van der Waals surface area contributed by atoms with Gasteiger partial charge in [0.1, 0.15) is 0 Å². The fraction of sp³-hybridized carbons (Fsp3) is 0.105. The molecule has 0 unspecified atom stereocenters. The largest absolute Gasteiger partial charge is 0.452 e. The number of benzene rings is 2. The molecule has 8 nitrogen and oxygen atoms in total. The SMILES string of the molecule is N#CCSc1ccccc1NC(=O)COC(=O)/C=C/c1ccccc1[N+](=O)[O-]. The molecule has 2 aromatic carbocycles. The number of para-hydroxylation sites is 2. The second-order valence-corrected chi connectivity index (χ2v) is 6.27. The Morgan fingerprint density at radius 1 is 1.21 bits per heavy atom. The first-order valence-corrected chi connectivity index (χ1v) is 8.96. The van der Waals surface area contributed by atoms with Gasteiger partial charge in [-0.1, -0.05) is 24.3 Å². The summed E-state index contributed by atoms with van der Waals surface area (Å²) in [6.07, 6.45) is 2.28. The summed E-state index contributed by atoms with van der Waals surface area (Å²) in [6.45, 7) is -0.517. The number of esters is 1. The fourth-order valence-electron chi connectivity index (χ4n) is 2.13. The van der Waals surface area contributed by atoms with Gasteiger partial charge < -0.3 is 10.1 Å². The third-order valence-electron chi connectivity index (χ3n) is 3.33. The van der Waals surface area contributed by atoms with Crippen LogP contribution < -0.4 is 5.32 Å². The summed E-state index contributed by atoms with van der Waals surface area (Å²) in [6, 6.07) is 14.9. The number of carbonyl (C=O) groups excluding carboxylic acids is 2. The van der Waals surface area contributed by atoms with Gasteiger partial charge in [-0.2, -0.15) is 5.26 Å². The summed E-state index contributed by atoms with van der Waals surface area (Å²) >= 11 is 1.27. The summed E-state index contributed by atoms with van der Waals surface area (Å²) in [7, 11) is 0. The molecule has 0 bridgehead atoms. The van der Waals surface area contributed by atoms with E-state index in [1.807, 2.05) is 6.07 Å². The van der Waals surface area contributed by atoms with Gasteiger partial charge in [0.15, 0.2) is 6.61 Å². The molecule has 0 spiro atoms. The highest BCUT2D eigenvalue weighted by Crippen LogP contribution is 2.26. The Kier molecular flexibility index (Phi) is 7.75. The molecule has 9 heteroatoms. The fourth-order valence-corrected chi connectivity index (χ4v) is 2.80. The molecule has 0 saturated heterocycles. The quantitative estimate of drug-likeness (QED) is 0.238. The molecular weight excluding hydrogens is 382 g/mol. The van der Waals surface area contributed by atoms with E-state index >= 15 is 0 Å². The van der Waals surface area contributed by atoms with E-state index in [1.165, 1.54) is 36.0 Å². The van der Waals surface area contributed by atoms with Crippen molar-refractivity contribution >= 4 is 41.1 Å². The van der Waals surface area contributed by atoms with E-state index in [2.05, 4.69) is 5.32 Å². The van der Waals surface area contributed by atoms with Crippen molar-refractivity contribution in [3.63, 3.8) is 0 Å². The van der Waals surface area contributed by atoms with Crippen molar-refractivity contribution in [1.29, 1.82) is 5.26 Å². The molecule has 0 fully saturated rings. The van der Waals surface area contributed by atoms with Crippen molar-refractivity contribution in [3.8, 4) is 6.07 Å². The second-order valence-electron chi connectivity index (χ2n) is 5.25. The first-order valence-electron chi connectivity index (χ1n) is 7.98. The summed E-state index contributed by atoms with van der Waals surface area (Å²) in [5.41, 5.74) is 0.618. The van der Waals surface area contributed by atoms with Crippen molar-refractivity contribution in [1.82, 2.24) is 0 Å². The zero-order valence-electron chi connectivity index (χ0n) is 14.5. The summed E-state index contributed by atoms with van der Waals surface area (Å²) < 4.78 is 4.85. The first kappa shape index (κ1) is 20.7. The smallest absolute Gasteiger partial charge is 0.331 e. The molecule has 0 aliphatic carbocycles. The highest BCUT2D eigenvalue weighted by Gasteiger charge is 2.11.